The van der Waals surface area contributed by atoms with Crippen molar-refractivity contribution in [2.45, 2.75) is 46.2 Å². The first kappa shape index (κ1) is 21.6. The third kappa shape index (κ3) is 5.07. The zero-order valence-electron chi connectivity index (χ0n) is 17.7. The largest absolute Gasteiger partial charge is 0.349 e. The highest BCUT2D eigenvalue weighted by Gasteiger charge is 2.36. The molecular formula is C22H25N5O2S. The molecule has 0 saturated heterocycles. The number of amides is 2. The van der Waals surface area contributed by atoms with Crippen molar-refractivity contribution in [3.05, 3.63) is 70.5 Å². The van der Waals surface area contributed by atoms with Crippen LogP contribution in [0.25, 0.3) is 0 Å². The monoisotopic (exact) mass is 423 g/mol. The molecule has 0 aliphatic carbocycles. The zero-order valence-corrected chi connectivity index (χ0v) is 18.5. The lowest BCUT2D eigenvalue weighted by Crippen LogP contribution is -2.49. The van der Waals surface area contributed by atoms with Crippen molar-refractivity contribution >= 4 is 29.0 Å². The van der Waals surface area contributed by atoms with E-state index >= 15 is 0 Å². The van der Waals surface area contributed by atoms with E-state index in [1.165, 1.54) is 4.90 Å². The highest BCUT2D eigenvalue weighted by atomic mass is 32.1. The smallest absolute Gasteiger partial charge is 0.280 e. The van der Waals surface area contributed by atoms with E-state index in [-0.39, 0.29) is 11.6 Å². The summed E-state index contributed by atoms with van der Waals surface area (Å²) in [6, 6.07) is 10.1. The van der Waals surface area contributed by atoms with Gasteiger partial charge in [0, 0.05) is 22.8 Å². The summed E-state index contributed by atoms with van der Waals surface area (Å²) >= 11 is 1.09. The summed E-state index contributed by atoms with van der Waals surface area (Å²) in [5, 5.41) is 8.51. The summed E-state index contributed by atoms with van der Waals surface area (Å²) in [5.41, 5.74) is 2.73. The number of pyridine rings is 1. The van der Waals surface area contributed by atoms with Crippen molar-refractivity contribution in [2.24, 2.45) is 0 Å². The minimum Gasteiger partial charge on any atom is -0.349 e. The van der Waals surface area contributed by atoms with Gasteiger partial charge in [-0.2, -0.15) is 0 Å². The Morgan fingerprint density at radius 2 is 1.80 bits per heavy atom. The quantitative estimate of drug-likeness (QED) is 0.673. The number of benzene rings is 1. The topological polar surface area (TPSA) is 88.1 Å². The number of anilines is 1. The first-order valence-electron chi connectivity index (χ1n) is 9.57. The molecule has 0 bridgehead atoms. The van der Waals surface area contributed by atoms with E-state index in [1.807, 2.05) is 52.8 Å². The third-order valence-electron chi connectivity index (χ3n) is 4.26. The minimum absolute atomic E-state index is 0.184. The molecule has 0 aliphatic heterocycles. The molecule has 1 aromatic carbocycles. The summed E-state index contributed by atoms with van der Waals surface area (Å²) in [6.45, 7) is 9.60. The van der Waals surface area contributed by atoms with Gasteiger partial charge in [-0.1, -0.05) is 16.6 Å². The fraction of sp³-hybridized carbons (Fsp3) is 0.318. The molecule has 0 fully saturated rings. The maximum atomic E-state index is 13.5. The molecule has 3 rings (SSSR count). The maximum Gasteiger partial charge on any atom is 0.280 e. The van der Waals surface area contributed by atoms with Crippen molar-refractivity contribution in [1.82, 2.24) is 19.9 Å². The fourth-order valence-electron chi connectivity index (χ4n) is 3.21. The highest BCUT2D eigenvalue weighted by molar-refractivity contribution is 7.03. The average molecular weight is 424 g/mol. The summed E-state index contributed by atoms with van der Waals surface area (Å²) in [4.78, 5) is 32.8. The standard InChI is InChI=1S/C22H25N5O2S/c1-14-10-15(2)12-16(11-14)27(21(29)18-13-30-26-25-18)19(17-8-6-7-9-23-17)20(28)24-22(3,4)5/h6-13,19H,1-5H3,(H,24,28)/t19-/m0/s1. The van der Waals surface area contributed by atoms with Crippen LogP contribution in [0.2, 0.25) is 0 Å². The summed E-state index contributed by atoms with van der Waals surface area (Å²) in [6.07, 6.45) is 1.61. The number of hydrogen-bond donors (Lipinski definition) is 1. The van der Waals surface area contributed by atoms with Crippen LogP contribution in [0.4, 0.5) is 5.69 Å². The van der Waals surface area contributed by atoms with E-state index in [1.54, 1.807) is 29.8 Å². The normalized spacial score (nSPS) is 12.3. The molecule has 0 radical (unpaired) electrons. The number of aryl methyl sites for hydroxylation is 2. The van der Waals surface area contributed by atoms with Crippen LogP contribution in [0.3, 0.4) is 0 Å². The van der Waals surface area contributed by atoms with Gasteiger partial charge < -0.3 is 5.32 Å². The van der Waals surface area contributed by atoms with Crippen molar-refractivity contribution < 1.29 is 9.59 Å². The van der Waals surface area contributed by atoms with Gasteiger partial charge in [-0.25, -0.2) is 0 Å². The third-order valence-corrected chi connectivity index (χ3v) is 4.76. The molecule has 8 heteroatoms. The van der Waals surface area contributed by atoms with Gasteiger partial charge in [0.15, 0.2) is 11.7 Å². The zero-order chi connectivity index (χ0) is 21.9. The van der Waals surface area contributed by atoms with Gasteiger partial charge in [-0.15, -0.1) is 5.10 Å². The first-order chi connectivity index (χ1) is 14.2. The van der Waals surface area contributed by atoms with Gasteiger partial charge in [0.25, 0.3) is 5.91 Å². The van der Waals surface area contributed by atoms with Crippen LogP contribution in [-0.2, 0) is 4.79 Å². The van der Waals surface area contributed by atoms with Crippen LogP contribution in [0, 0.1) is 13.8 Å². The number of rotatable bonds is 5. The number of nitrogens with zero attached hydrogens (tertiary/aromatic N) is 4. The van der Waals surface area contributed by atoms with Crippen molar-refractivity contribution in [1.29, 1.82) is 0 Å². The molecule has 1 N–H and O–H groups in total. The molecular weight excluding hydrogens is 398 g/mol. The van der Waals surface area contributed by atoms with Gasteiger partial charge in [-0.05, 0) is 81.5 Å². The molecule has 0 aliphatic rings. The second kappa shape index (κ2) is 8.71. The fourth-order valence-corrected chi connectivity index (χ4v) is 3.64. The van der Waals surface area contributed by atoms with Crippen LogP contribution in [0.15, 0.2) is 48.0 Å². The predicted octanol–water partition coefficient (Wildman–Crippen LogP) is 3.85. The molecule has 3 aromatic rings. The number of carbonyl (C=O) groups excluding carboxylic acids is 2. The number of nitrogens with one attached hydrogen (secondary N) is 1. The van der Waals surface area contributed by atoms with Gasteiger partial charge in [0.1, 0.15) is 0 Å². The Hall–Kier alpha value is -3.13. The van der Waals surface area contributed by atoms with E-state index in [2.05, 4.69) is 19.9 Å². The van der Waals surface area contributed by atoms with Crippen LogP contribution in [0.1, 0.15) is 54.1 Å². The predicted molar refractivity (Wildman–Crippen MR) is 118 cm³/mol. The van der Waals surface area contributed by atoms with Crippen LogP contribution in [-0.4, -0.2) is 31.9 Å². The van der Waals surface area contributed by atoms with Crippen molar-refractivity contribution in [3.63, 3.8) is 0 Å². The van der Waals surface area contributed by atoms with Gasteiger partial charge in [0.05, 0.1) is 5.69 Å². The maximum absolute atomic E-state index is 13.5. The van der Waals surface area contributed by atoms with E-state index in [0.29, 0.717) is 11.4 Å². The van der Waals surface area contributed by atoms with Crippen LogP contribution >= 0.6 is 11.5 Å². The Morgan fingerprint density at radius 1 is 1.10 bits per heavy atom. The van der Waals surface area contributed by atoms with Crippen LogP contribution < -0.4 is 10.2 Å². The Balaban J connectivity index is 2.20. The molecule has 1 atom stereocenters. The second-order valence-electron chi connectivity index (χ2n) is 8.21. The Kier molecular flexibility index (Phi) is 6.26. The number of carbonyl (C=O) groups is 2. The minimum atomic E-state index is -0.971. The summed E-state index contributed by atoms with van der Waals surface area (Å²) in [7, 11) is 0. The molecule has 2 heterocycles. The molecule has 2 aromatic heterocycles. The number of aromatic nitrogens is 3. The van der Waals surface area contributed by atoms with Gasteiger partial charge in [-0.3, -0.25) is 19.5 Å². The lowest BCUT2D eigenvalue weighted by atomic mass is 10.0. The van der Waals surface area contributed by atoms with E-state index in [9.17, 15) is 9.59 Å². The lowest BCUT2D eigenvalue weighted by molar-refractivity contribution is -0.124. The van der Waals surface area contributed by atoms with E-state index < -0.39 is 17.5 Å². The van der Waals surface area contributed by atoms with Crippen LogP contribution in [0.5, 0.6) is 0 Å². The van der Waals surface area contributed by atoms with E-state index in [4.69, 9.17) is 0 Å². The SMILES string of the molecule is Cc1cc(C)cc(N(C(=O)c2csnn2)[C@H](C(=O)NC(C)(C)C)c2ccccn2)c1. The molecule has 0 saturated carbocycles. The average Bonchev–Trinajstić information content (AvgIpc) is 3.18. The molecule has 156 valence electrons. The molecule has 2 amide bonds. The highest BCUT2D eigenvalue weighted by Crippen LogP contribution is 2.30. The summed E-state index contributed by atoms with van der Waals surface area (Å²) in [5.74, 6) is -0.731. The van der Waals surface area contributed by atoms with E-state index in [0.717, 1.165) is 22.7 Å². The van der Waals surface area contributed by atoms with Crippen molar-refractivity contribution in [3.8, 4) is 0 Å². The van der Waals surface area contributed by atoms with Gasteiger partial charge >= 0.3 is 0 Å². The number of hydrogen-bond acceptors (Lipinski definition) is 6. The molecule has 0 unspecified atom stereocenters. The van der Waals surface area contributed by atoms with Crippen molar-refractivity contribution in [2.75, 3.05) is 4.90 Å². The Labute approximate surface area is 180 Å². The first-order valence-corrected chi connectivity index (χ1v) is 10.4. The Morgan fingerprint density at radius 3 is 2.33 bits per heavy atom. The lowest BCUT2D eigenvalue weighted by Gasteiger charge is -2.33. The second-order valence-corrected chi connectivity index (χ2v) is 8.82. The molecule has 7 nitrogen and oxygen atoms in total. The molecule has 30 heavy (non-hydrogen) atoms. The summed E-state index contributed by atoms with van der Waals surface area (Å²) < 4.78 is 3.82. The molecule has 0 spiro atoms. The van der Waals surface area contributed by atoms with Gasteiger partial charge in [0.2, 0.25) is 5.91 Å². The Bertz CT molecular complexity index is 1010.